The normalized spacial score (nSPS) is 10.3. The molecule has 0 aliphatic carbocycles. The molecule has 0 unspecified atom stereocenters. The summed E-state index contributed by atoms with van der Waals surface area (Å²) in [6, 6.07) is 11.1. The van der Waals surface area contributed by atoms with Crippen molar-refractivity contribution in [2.24, 2.45) is 5.73 Å². The second-order valence-corrected chi connectivity index (χ2v) is 5.78. The van der Waals surface area contributed by atoms with E-state index in [2.05, 4.69) is 15.9 Å². The molecule has 98 valence electrons. The van der Waals surface area contributed by atoms with Crippen molar-refractivity contribution in [1.82, 2.24) is 0 Å². The Morgan fingerprint density at radius 1 is 1.26 bits per heavy atom. The molecule has 2 aromatic carbocycles. The topological polar surface area (TPSA) is 35.2 Å². The van der Waals surface area contributed by atoms with Crippen LogP contribution in [-0.4, -0.2) is 4.99 Å². The zero-order valence-electron chi connectivity index (χ0n) is 10.1. The van der Waals surface area contributed by atoms with E-state index in [1.165, 1.54) is 0 Å². The van der Waals surface area contributed by atoms with Crippen molar-refractivity contribution < 1.29 is 4.74 Å². The van der Waals surface area contributed by atoms with E-state index in [1.54, 1.807) is 18.2 Å². The lowest BCUT2D eigenvalue weighted by Crippen LogP contribution is -2.09. The van der Waals surface area contributed by atoms with Gasteiger partial charge in [-0.05, 0) is 36.8 Å². The van der Waals surface area contributed by atoms with E-state index in [9.17, 15) is 0 Å². The van der Waals surface area contributed by atoms with Gasteiger partial charge in [0.25, 0.3) is 0 Å². The third-order valence-corrected chi connectivity index (χ3v) is 3.61. The number of thiocarbonyl (C=S) groups is 1. The maximum Gasteiger partial charge on any atom is 0.131 e. The predicted molar refractivity (Wildman–Crippen MR) is 86.3 cm³/mol. The largest absolute Gasteiger partial charge is 0.457 e. The van der Waals surface area contributed by atoms with Crippen LogP contribution in [0, 0.1) is 6.92 Å². The van der Waals surface area contributed by atoms with Gasteiger partial charge >= 0.3 is 0 Å². The van der Waals surface area contributed by atoms with Gasteiger partial charge in [-0.15, -0.1) is 0 Å². The summed E-state index contributed by atoms with van der Waals surface area (Å²) in [5.74, 6) is 1.42. The molecule has 0 spiro atoms. The number of hydrogen-bond acceptors (Lipinski definition) is 2. The highest BCUT2D eigenvalue weighted by Crippen LogP contribution is 2.30. The summed E-state index contributed by atoms with van der Waals surface area (Å²) in [5, 5.41) is 0.484. The summed E-state index contributed by atoms with van der Waals surface area (Å²) in [5.41, 5.74) is 7.25. The Balaban J connectivity index is 2.31. The Labute approximate surface area is 130 Å². The van der Waals surface area contributed by atoms with Crippen LogP contribution in [0.5, 0.6) is 11.5 Å². The lowest BCUT2D eigenvalue weighted by molar-refractivity contribution is 0.478. The SMILES string of the molecule is Cc1ccc(Br)cc1Oc1ccc(C(N)=S)c(Cl)c1. The van der Waals surface area contributed by atoms with Gasteiger partial charge in [-0.25, -0.2) is 0 Å². The second-order valence-electron chi connectivity index (χ2n) is 4.02. The third kappa shape index (κ3) is 3.47. The van der Waals surface area contributed by atoms with Crippen LogP contribution < -0.4 is 10.5 Å². The molecule has 0 atom stereocenters. The average Bonchev–Trinajstić information content (AvgIpc) is 2.33. The molecule has 0 heterocycles. The van der Waals surface area contributed by atoms with E-state index in [-0.39, 0.29) is 4.99 Å². The van der Waals surface area contributed by atoms with Crippen LogP contribution in [0.15, 0.2) is 40.9 Å². The zero-order valence-corrected chi connectivity index (χ0v) is 13.3. The molecule has 0 aliphatic heterocycles. The van der Waals surface area contributed by atoms with Gasteiger partial charge in [0, 0.05) is 16.1 Å². The van der Waals surface area contributed by atoms with Crippen molar-refractivity contribution >= 4 is 44.7 Å². The second kappa shape index (κ2) is 5.90. The van der Waals surface area contributed by atoms with Crippen molar-refractivity contribution in [1.29, 1.82) is 0 Å². The van der Waals surface area contributed by atoms with Crippen molar-refractivity contribution in [2.75, 3.05) is 0 Å². The van der Waals surface area contributed by atoms with Gasteiger partial charge in [0.1, 0.15) is 16.5 Å². The van der Waals surface area contributed by atoms with Crippen molar-refractivity contribution in [3.8, 4) is 11.5 Å². The van der Waals surface area contributed by atoms with Crippen LogP contribution in [0.25, 0.3) is 0 Å². The van der Waals surface area contributed by atoms with Crippen molar-refractivity contribution in [3.63, 3.8) is 0 Å². The molecule has 19 heavy (non-hydrogen) atoms. The first-order chi connectivity index (χ1) is 8.97. The highest BCUT2D eigenvalue weighted by atomic mass is 79.9. The molecule has 2 aromatic rings. The molecule has 2 nitrogen and oxygen atoms in total. The number of rotatable bonds is 3. The van der Waals surface area contributed by atoms with Crippen LogP contribution in [0.2, 0.25) is 5.02 Å². The lowest BCUT2D eigenvalue weighted by atomic mass is 10.2. The molecule has 0 amide bonds. The Kier molecular flexibility index (Phi) is 4.45. The minimum Gasteiger partial charge on any atom is -0.457 e. The number of nitrogens with two attached hydrogens (primary N) is 1. The monoisotopic (exact) mass is 355 g/mol. The van der Waals surface area contributed by atoms with E-state index in [4.69, 9.17) is 34.3 Å². The fraction of sp³-hybridized carbons (Fsp3) is 0.0714. The van der Waals surface area contributed by atoms with Gasteiger partial charge in [-0.2, -0.15) is 0 Å². The molecule has 0 fully saturated rings. The van der Waals surface area contributed by atoms with E-state index in [1.807, 2.05) is 25.1 Å². The average molecular weight is 357 g/mol. The molecule has 0 saturated carbocycles. The Morgan fingerprint density at radius 2 is 2.00 bits per heavy atom. The summed E-state index contributed by atoms with van der Waals surface area (Å²) in [4.78, 5) is 0.273. The number of halogens is 2. The molecular weight excluding hydrogens is 346 g/mol. The van der Waals surface area contributed by atoms with Crippen LogP contribution in [0.1, 0.15) is 11.1 Å². The fourth-order valence-corrected chi connectivity index (χ4v) is 2.42. The zero-order chi connectivity index (χ0) is 14.0. The first-order valence-corrected chi connectivity index (χ1v) is 7.08. The number of hydrogen-bond donors (Lipinski definition) is 1. The first-order valence-electron chi connectivity index (χ1n) is 5.51. The maximum absolute atomic E-state index is 6.10. The highest BCUT2D eigenvalue weighted by Gasteiger charge is 2.07. The number of benzene rings is 2. The Hall–Kier alpha value is -1.10. The highest BCUT2D eigenvalue weighted by molar-refractivity contribution is 9.10. The minimum atomic E-state index is 0.273. The third-order valence-electron chi connectivity index (χ3n) is 2.58. The van der Waals surface area contributed by atoms with E-state index >= 15 is 0 Å². The molecule has 0 aromatic heterocycles. The molecule has 2 N–H and O–H groups in total. The van der Waals surface area contributed by atoms with E-state index in [0.717, 1.165) is 15.8 Å². The number of aryl methyl sites for hydroxylation is 1. The standard InChI is InChI=1S/C14H11BrClNOS/c1-8-2-3-9(15)6-13(8)18-10-4-5-11(14(17)19)12(16)7-10/h2-7H,1H3,(H2,17,19). The summed E-state index contributed by atoms with van der Waals surface area (Å²) < 4.78 is 6.76. The smallest absolute Gasteiger partial charge is 0.131 e. The van der Waals surface area contributed by atoms with E-state index in [0.29, 0.717) is 16.3 Å². The van der Waals surface area contributed by atoms with Gasteiger partial charge in [-0.3, -0.25) is 0 Å². The van der Waals surface area contributed by atoms with E-state index < -0.39 is 0 Å². The molecular formula is C14H11BrClNOS. The van der Waals surface area contributed by atoms with Crippen LogP contribution >= 0.6 is 39.7 Å². The van der Waals surface area contributed by atoms with Crippen LogP contribution in [0.3, 0.4) is 0 Å². The summed E-state index contributed by atoms with van der Waals surface area (Å²) in [7, 11) is 0. The Bertz CT molecular complexity index is 645. The van der Waals surface area contributed by atoms with Crippen LogP contribution in [-0.2, 0) is 0 Å². The van der Waals surface area contributed by atoms with Gasteiger partial charge in [0.15, 0.2) is 0 Å². The lowest BCUT2D eigenvalue weighted by Gasteiger charge is -2.10. The van der Waals surface area contributed by atoms with Crippen molar-refractivity contribution in [2.45, 2.75) is 6.92 Å². The Morgan fingerprint density at radius 3 is 2.63 bits per heavy atom. The number of ether oxygens (including phenoxy) is 1. The molecule has 0 radical (unpaired) electrons. The van der Waals surface area contributed by atoms with Gasteiger partial charge < -0.3 is 10.5 Å². The maximum atomic E-state index is 6.10. The molecule has 2 rings (SSSR count). The minimum absolute atomic E-state index is 0.273. The molecule has 0 saturated heterocycles. The van der Waals surface area contributed by atoms with Gasteiger partial charge in [0.2, 0.25) is 0 Å². The van der Waals surface area contributed by atoms with Crippen molar-refractivity contribution in [3.05, 3.63) is 57.0 Å². The predicted octanol–water partition coefficient (Wildman–Crippen LogP) is 4.84. The van der Waals surface area contributed by atoms with Gasteiger partial charge in [0.05, 0.1) is 5.02 Å². The summed E-state index contributed by atoms with van der Waals surface area (Å²) >= 11 is 14.4. The summed E-state index contributed by atoms with van der Waals surface area (Å²) in [6.07, 6.45) is 0. The quantitative estimate of drug-likeness (QED) is 0.799. The summed E-state index contributed by atoms with van der Waals surface area (Å²) in [6.45, 7) is 1.98. The van der Waals surface area contributed by atoms with Gasteiger partial charge in [-0.1, -0.05) is 45.8 Å². The molecule has 0 aliphatic rings. The first kappa shape index (κ1) is 14.3. The fourth-order valence-electron chi connectivity index (χ4n) is 1.57. The van der Waals surface area contributed by atoms with Crippen LogP contribution in [0.4, 0.5) is 0 Å². The molecule has 5 heteroatoms. The molecule has 0 bridgehead atoms.